The molecular weight excluding hydrogens is 284 g/mol. The molecule has 1 aliphatic rings. The molecule has 0 radical (unpaired) electrons. The zero-order valence-electron chi connectivity index (χ0n) is 11.5. The molecule has 0 spiro atoms. The number of benzene rings is 1. The Kier molecular flexibility index (Phi) is 5.38. The van der Waals surface area contributed by atoms with Crippen LogP contribution >= 0.6 is 12.4 Å². The van der Waals surface area contributed by atoms with E-state index < -0.39 is 10.0 Å². The summed E-state index contributed by atoms with van der Waals surface area (Å²) >= 11 is 0. The SMILES string of the molecule is Cc1ccccc1S(=O)(=O)N1CC(C)NCC1C.Cl. The van der Waals surface area contributed by atoms with Crippen LogP contribution in [0.2, 0.25) is 0 Å². The topological polar surface area (TPSA) is 49.4 Å². The van der Waals surface area contributed by atoms with Crippen molar-refractivity contribution in [2.24, 2.45) is 0 Å². The van der Waals surface area contributed by atoms with Crippen molar-refractivity contribution in [3.05, 3.63) is 29.8 Å². The van der Waals surface area contributed by atoms with Crippen molar-refractivity contribution < 1.29 is 8.42 Å². The second-order valence-corrected chi connectivity index (χ2v) is 6.86. The summed E-state index contributed by atoms with van der Waals surface area (Å²) in [5, 5.41) is 3.29. The molecule has 1 heterocycles. The first-order valence-electron chi connectivity index (χ1n) is 6.24. The second kappa shape index (κ2) is 6.22. The van der Waals surface area contributed by atoms with Crippen LogP contribution in [0, 0.1) is 6.92 Å². The number of hydrogen-bond acceptors (Lipinski definition) is 3. The van der Waals surface area contributed by atoms with E-state index in [1.807, 2.05) is 32.9 Å². The highest BCUT2D eigenvalue weighted by Gasteiger charge is 2.33. The molecule has 1 fully saturated rings. The molecule has 19 heavy (non-hydrogen) atoms. The van der Waals surface area contributed by atoms with E-state index in [1.165, 1.54) is 0 Å². The Hall–Kier alpha value is -0.620. The molecule has 1 aromatic rings. The molecule has 0 amide bonds. The van der Waals surface area contributed by atoms with Gasteiger partial charge in [0, 0.05) is 25.2 Å². The maximum atomic E-state index is 12.7. The van der Waals surface area contributed by atoms with Gasteiger partial charge in [-0.15, -0.1) is 12.4 Å². The van der Waals surface area contributed by atoms with Crippen LogP contribution in [0.5, 0.6) is 0 Å². The summed E-state index contributed by atoms with van der Waals surface area (Å²) in [7, 11) is -3.38. The Morgan fingerprint density at radius 1 is 1.26 bits per heavy atom. The normalized spacial score (nSPS) is 24.8. The van der Waals surface area contributed by atoms with Crippen LogP contribution in [0.15, 0.2) is 29.2 Å². The van der Waals surface area contributed by atoms with Gasteiger partial charge >= 0.3 is 0 Å². The Morgan fingerprint density at radius 3 is 2.53 bits per heavy atom. The first-order chi connectivity index (χ1) is 8.43. The number of piperazine rings is 1. The predicted molar refractivity (Wildman–Crippen MR) is 79.2 cm³/mol. The summed E-state index contributed by atoms with van der Waals surface area (Å²) in [5.41, 5.74) is 0.802. The molecule has 1 aromatic carbocycles. The van der Waals surface area contributed by atoms with Gasteiger partial charge in [0.15, 0.2) is 0 Å². The van der Waals surface area contributed by atoms with Crippen molar-refractivity contribution in [2.75, 3.05) is 13.1 Å². The molecule has 0 saturated carbocycles. The van der Waals surface area contributed by atoms with Crippen LogP contribution in [0.3, 0.4) is 0 Å². The molecule has 2 rings (SSSR count). The zero-order chi connectivity index (χ0) is 13.3. The molecule has 108 valence electrons. The molecule has 0 bridgehead atoms. The van der Waals surface area contributed by atoms with Gasteiger partial charge in [-0.1, -0.05) is 18.2 Å². The minimum absolute atomic E-state index is 0. The van der Waals surface area contributed by atoms with Gasteiger partial charge in [-0.3, -0.25) is 0 Å². The summed E-state index contributed by atoms with van der Waals surface area (Å²) in [6.45, 7) is 7.01. The molecule has 6 heteroatoms. The number of halogens is 1. The van der Waals surface area contributed by atoms with Crippen LogP contribution in [0.25, 0.3) is 0 Å². The van der Waals surface area contributed by atoms with Gasteiger partial charge in [0.2, 0.25) is 10.0 Å². The lowest BCUT2D eigenvalue weighted by Crippen LogP contribution is -2.56. The quantitative estimate of drug-likeness (QED) is 0.906. The van der Waals surface area contributed by atoms with E-state index in [0.29, 0.717) is 18.0 Å². The van der Waals surface area contributed by atoms with Crippen molar-refractivity contribution in [1.82, 2.24) is 9.62 Å². The van der Waals surface area contributed by atoms with E-state index in [-0.39, 0.29) is 24.5 Å². The zero-order valence-corrected chi connectivity index (χ0v) is 13.1. The number of aryl methyl sites for hydroxylation is 1. The maximum Gasteiger partial charge on any atom is 0.243 e. The number of nitrogens with one attached hydrogen (secondary N) is 1. The smallest absolute Gasteiger partial charge is 0.243 e. The summed E-state index contributed by atoms with van der Waals surface area (Å²) in [5.74, 6) is 0. The van der Waals surface area contributed by atoms with Gasteiger partial charge in [0.05, 0.1) is 4.90 Å². The van der Waals surface area contributed by atoms with Gasteiger partial charge in [-0.05, 0) is 32.4 Å². The first kappa shape index (κ1) is 16.4. The van der Waals surface area contributed by atoms with E-state index in [4.69, 9.17) is 0 Å². The summed E-state index contributed by atoms with van der Waals surface area (Å²) < 4.78 is 26.9. The second-order valence-electron chi connectivity index (χ2n) is 5.00. The van der Waals surface area contributed by atoms with Gasteiger partial charge in [0.1, 0.15) is 0 Å². The lowest BCUT2D eigenvalue weighted by molar-refractivity contribution is 0.244. The van der Waals surface area contributed by atoms with Crippen LogP contribution < -0.4 is 5.32 Å². The third-order valence-electron chi connectivity index (χ3n) is 3.39. The fourth-order valence-corrected chi connectivity index (χ4v) is 4.24. The molecule has 2 unspecified atom stereocenters. The van der Waals surface area contributed by atoms with Crippen LogP contribution in [-0.4, -0.2) is 37.9 Å². The lowest BCUT2D eigenvalue weighted by atomic mass is 10.2. The monoisotopic (exact) mass is 304 g/mol. The standard InChI is InChI=1S/C13H20N2O2S.ClH/c1-10-6-4-5-7-13(10)18(16,17)15-9-11(2)14-8-12(15)3;/h4-7,11-12,14H,8-9H2,1-3H3;1H. The van der Waals surface area contributed by atoms with E-state index in [0.717, 1.165) is 5.56 Å². The predicted octanol–water partition coefficient (Wildman–Crippen LogP) is 1.79. The van der Waals surface area contributed by atoms with Gasteiger partial charge in [-0.2, -0.15) is 4.31 Å². The average molecular weight is 305 g/mol. The average Bonchev–Trinajstić information content (AvgIpc) is 2.32. The number of sulfonamides is 1. The van der Waals surface area contributed by atoms with Crippen LogP contribution in [0.1, 0.15) is 19.4 Å². The summed E-state index contributed by atoms with van der Waals surface area (Å²) in [6.07, 6.45) is 0. The highest BCUT2D eigenvalue weighted by Crippen LogP contribution is 2.23. The minimum atomic E-state index is -3.38. The Bertz CT molecular complexity index is 533. The number of hydrogen-bond donors (Lipinski definition) is 1. The minimum Gasteiger partial charge on any atom is -0.311 e. The Balaban J connectivity index is 0.00000180. The molecule has 0 aromatic heterocycles. The van der Waals surface area contributed by atoms with E-state index in [1.54, 1.807) is 16.4 Å². The lowest BCUT2D eigenvalue weighted by Gasteiger charge is -2.36. The van der Waals surface area contributed by atoms with Crippen LogP contribution in [-0.2, 0) is 10.0 Å². The maximum absolute atomic E-state index is 12.7. The third-order valence-corrected chi connectivity index (χ3v) is 5.53. The van der Waals surface area contributed by atoms with E-state index >= 15 is 0 Å². The van der Waals surface area contributed by atoms with E-state index in [2.05, 4.69) is 5.32 Å². The first-order valence-corrected chi connectivity index (χ1v) is 7.68. The van der Waals surface area contributed by atoms with Crippen molar-refractivity contribution in [2.45, 2.75) is 37.8 Å². The fourth-order valence-electron chi connectivity index (χ4n) is 2.30. The van der Waals surface area contributed by atoms with Gasteiger partial charge in [0.25, 0.3) is 0 Å². The summed E-state index contributed by atoms with van der Waals surface area (Å²) in [4.78, 5) is 0.422. The van der Waals surface area contributed by atoms with E-state index in [9.17, 15) is 8.42 Å². The molecule has 4 nitrogen and oxygen atoms in total. The number of rotatable bonds is 2. The summed E-state index contributed by atoms with van der Waals surface area (Å²) in [6, 6.07) is 7.34. The van der Waals surface area contributed by atoms with Crippen molar-refractivity contribution in [3.63, 3.8) is 0 Å². The largest absolute Gasteiger partial charge is 0.311 e. The molecular formula is C13H21ClN2O2S. The Labute approximate surface area is 121 Å². The molecule has 2 atom stereocenters. The highest BCUT2D eigenvalue weighted by atomic mass is 35.5. The fraction of sp³-hybridized carbons (Fsp3) is 0.538. The number of nitrogens with zero attached hydrogens (tertiary/aromatic N) is 1. The van der Waals surface area contributed by atoms with Gasteiger partial charge in [-0.25, -0.2) is 8.42 Å². The molecule has 1 saturated heterocycles. The third kappa shape index (κ3) is 3.28. The molecule has 1 aliphatic heterocycles. The van der Waals surface area contributed by atoms with Gasteiger partial charge < -0.3 is 5.32 Å². The van der Waals surface area contributed by atoms with Crippen molar-refractivity contribution in [3.8, 4) is 0 Å². The van der Waals surface area contributed by atoms with Crippen LogP contribution in [0.4, 0.5) is 0 Å². The molecule has 1 N–H and O–H groups in total. The highest BCUT2D eigenvalue weighted by molar-refractivity contribution is 7.89. The molecule has 0 aliphatic carbocycles. The van der Waals surface area contributed by atoms with Crippen molar-refractivity contribution in [1.29, 1.82) is 0 Å². The Morgan fingerprint density at radius 2 is 1.89 bits per heavy atom. The van der Waals surface area contributed by atoms with Crippen molar-refractivity contribution >= 4 is 22.4 Å².